The smallest absolute Gasteiger partial charge is 0.220 e. The summed E-state index contributed by atoms with van der Waals surface area (Å²) < 4.78 is 36.5. The Bertz CT molecular complexity index is 692. The minimum absolute atomic E-state index is 0.172. The maximum absolute atomic E-state index is 13.1. The van der Waals surface area contributed by atoms with Crippen LogP contribution in [0.1, 0.15) is 12.0 Å². The van der Waals surface area contributed by atoms with Crippen molar-refractivity contribution in [1.29, 1.82) is 0 Å². The van der Waals surface area contributed by atoms with Crippen LogP contribution in [0.25, 0.3) is 0 Å². The number of hydrogen-bond donors (Lipinski definition) is 1. The Morgan fingerprint density at radius 2 is 1.88 bits per heavy atom. The van der Waals surface area contributed by atoms with Gasteiger partial charge in [0.2, 0.25) is 5.91 Å². The predicted molar refractivity (Wildman–Crippen MR) is 86.2 cm³/mol. The van der Waals surface area contributed by atoms with Crippen molar-refractivity contribution in [3.05, 3.63) is 59.7 Å². The zero-order valence-corrected chi connectivity index (χ0v) is 13.4. The summed E-state index contributed by atoms with van der Waals surface area (Å²) in [4.78, 5) is 11.7. The van der Waals surface area contributed by atoms with E-state index in [1.165, 1.54) is 6.07 Å². The summed E-state index contributed by atoms with van der Waals surface area (Å²) in [6, 6.07) is 10.8. The molecule has 2 aromatic carbocycles. The van der Waals surface area contributed by atoms with Gasteiger partial charge in [0.25, 0.3) is 0 Å². The molecule has 128 valence electrons. The Balaban J connectivity index is 1.66. The number of methoxy groups -OCH3 is 1. The summed E-state index contributed by atoms with van der Waals surface area (Å²) in [6.07, 6.45) is 0.546. The molecule has 0 aliphatic rings. The Morgan fingerprint density at radius 3 is 2.62 bits per heavy atom. The van der Waals surface area contributed by atoms with Crippen molar-refractivity contribution < 1.29 is 23.0 Å². The maximum atomic E-state index is 13.1. The fourth-order valence-corrected chi connectivity index (χ4v) is 2.09. The molecule has 2 aromatic rings. The van der Waals surface area contributed by atoms with E-state index >= 15 is 0 Å². The van der Waals surface area contributed by atoms with Crippen LogP contribution in [0.15, 0.2) is 42.5 Å². The summed E-state index contributed by atoms with van der Waals surface area (Å²) in [5.41, 5.74) is 0.580. The Morgan fingerprint density at radius 1 is 1.08 bits per heavy atom. The quantitative estimate of drug-likeness (QED) is 0.754. The van der Waals surface area contributed by atoms with Crippen LogP contribution < -0.4 is 14.8 Å². The Labute approximate surface area is 139 Å². The largest absolute Gasteiger partial charge is 0.497 e. The molecule has 6 heteroatoms. The monoisotopic (exact) mass is 335 g/mol. The first-order valence-electron chi connectivity index (χ1n) is 7.56. The normalized spacial score (nSPS) is 10.3. The fraction of sp³-hybridized carbons (Fsp3) is 0.278. The molecule has 0 atom stereocenters. The number of halogens is 2. The van der Waals surface area contributed by atoms with Crippen molar-refractivity contribution in [1.82, 2.24) is 5.32 Å². The molecule has 0 unspecified atom stereocenters. The van der Waals surface area contributed by atoms with Crippen LogP contribution >= 0.6 is 0 Å². The Hall–Kier alpha value is -2.63. The number of hydrogen-bond acceptors (Lipinski definition) is 3. The summed E-state index contributed by atoms with van der Waals surface area (Å²) in [7, 11) is 1.58. The molecule has 4 nitrogen and oxygen atoms in total. The van der Waals surface area contributed by atoms with Crippen LogP contribution in [0.2, 0.25) is 0 Å². The number of rotatable bonds is 8. The Kier molecular flexibility index (Phi) is 6.54. The third-order valence-corrected chi connectivity index (χ3v) is 3.36. The summed E-state index contributed by atoms with van der Waals surface area (Å²) in [5.74, 6) is -0.611. The van der Waals surface area contributed by atoms with Gasteiger partial charge < -0.3 is 14.8 Å². The van der Waals surface area contributed by atoms with Gasteiger partial charge in [0, 0.05) is 12.5 Å². The lowest BCUT2D eigenvalue weighted by Crippen LogP contribution is -2.28. The summed E-state index contributed by atoms with van der Waals surface area (Å²) in [5, 5.41) is 2.71. The van der Waals surface area contributed by atoms with Crippen LogP contribution in [-0.2, 0) is 11.2 Å². The van der Waals surface area contributed by atoms with E-state index in [0.717, 1.165) is 12.1 Å². The molecule has 1 N–H and O–H groups in total. The number of carbonyl (C=O) groups excluding carboxylic acids is 1. The topological polar surface area (TPSA) is 47.6 Å². The molecule has 0 aliphatic carbocycles. The van der Waals surface area contributed by atoms with E-state index in [-0.39, 0.29) is 12.3 Å². The first-order valence-corrected chi connectivity index (χ1v) is 7.56. The van der Waals surface area contributed by atoms with E-state index in [9.17, 15) is 13.6 Å². The highest BCUT2D eigenvalue weighted by Gasteiger charge is 2.06. The summed E-state index contributed by atoms with van der Waals surface area (Å²) in [6.45, 7) is 0.678. The molecule has 24 heavy (non-hydrogen) atoms. The van der Waals surface area contributed by atoms with Crippen molar-refractivity contribution >= 4 is 5.91 Å². The first-order chi connectivity index (χ1) is 11.6. The van der Waals surface area contributed by atoms with Crippen molar-refractivity contribution in [2.24, 2.45) is 0 Å². The molecule has 0 fully saturated rings. The number of ether oxygens (including phenoxy) is 2. The fourth-order valence-electron chi connectivity index (χ4n) is 2.09. The van der Waals surface area contributed by atoms with Gasteiger partial charge in [-0.2, -0.15) is 0 Å². The van der Waals surface area contributed by atoms with Gasteiger partial charge in [0.05, 0.1) is 13.7 Å². The van der Waals surface area contributed by atoms with Crippen molar-refractivity contribution in [3.8, 4) is 11.5 Å². The lowest BCUT2D eigenvalue weighted by molar-refractivity contribution is -0.121. The van der Waals surface area contributed by atoms with Gasteiger partial charge in [0.1, 0.15) is 18.1 Å². The molecule has 2 rings (SSSR count). The average Bonchev–Trinajstić information content (AvgIpc) is 2.60. The second-order valence-electron chi connectivity index (χ2n) is 5.13. The highest BCUT2D eigenvalue weighted by Crippen LogP contribution is 2.18. The number of benzene rings is 2. The second-order valence-corrected chi connectivity index (χ2v) is 5.13. The molecular weight excluding hydrogens is 316 g/mol. The van der Waals surface area contributed by atoms with Crippen LogP contribution in [-0.4, -0.2) is 26.2 Å². The number of amides is 1. The SMILES string of the molecule is COc1cccc(OCCNC(=O)CCc2ccc(F)c(F)c2)c1. The lowest BCUT2D eigenvalue weighted by atomic mass is 10.1. The van der Waals surface area contributed by atoms with Crippen molar-refractivity contribution in [2.45, 2.75) is 12.8 Å². The highest BCUT2D eigenvalue weighted by atomic mass is 19.2. The van der Waals surface area contributed by atoms with Gasteiger partial charge in [-0.05, 0) is 36.2 Å². The van der Waals surface area contributed by atoms with Crippen LogP contribution in [0, 0.1) is 11.6 Å². The van der Waals surface area contributed by atoms with Gasteiger partial charge in [0.15, 0.2) is 11.6 Å². The predicted octanol–water partition coefficient (Wildman–Crippen LogP) is 3.10. The van der Waals surface area contributed by atoms with Gasteiger partial charge in [-0.3, -0.25) is 4.79 Å². The molecule has 0 heterocycles. The zero-order valence-electron chi connectivity index (χ0n) is 13.4. The molecule has 0 aromatic heterocycles. The van der Waals surface area contributed by atoms with E-state index in [4.69, 9.17) is 9.47 Å². The molecule has 1 amide bonds. The maximum Gasteiger partial charge on any atom is 0.220 e. The zero-order chi connectivity index (χ0) is 17.4. The summed E-state index contributed by atoms with van der Waals surface area (Å²) >= 11 is 0. The third-order valence-electron chi connectivity index (χ3n) is 3.36. The number of aryl methyl sites for hydroxylation is 1. The molecule has 0 bridgehead atoms. The molecule has 0 aliphatic heterocycles. The van der Waals surface area contributed by atoms with E-state index < -0.39 is 11.6 Å². The van der Waals surface area contributed by atoms with Gasteiger partial charge >= 0.3 is 0 Å². The minimum Gasteiger partial charge on any atom is -0.497 e. The van der Waals surface area contributed by atoms with Crippen LogP contribution in [0.4, 0.5) is 8.78 Å². The number of nitrogens with one attached hydrogen (secondary N) is 1. The third kappa shape index (κ3) is 5.53. The van der Waals surface area contributed by atoms with Gasteiger partial charge in [-0.25, -0.2) is 8.78 Å². The minimum atomic E-state index is -0.903. The molecule has 0 saturated heterocycles. The van der Waals surface area contributed by atoms with Crippen molar-refractivity contribution in [2.75, 3.05) is 20.3 Å². The van der Waals surface area contributed by atoms with Crippen molar-refractivity contribution in [3.63, 3.8) is 0 Å². The highest BCUT2D eigenvalue weighted by molar-refractivity contribution is 5.76. The average molecular weight is 335 g/mol. The molecular formula is C18H19F2NO3. The van der Waals surface area contributed by atoms with E-state index in [0.29, 0.717) is 36.6 Å². The number of carbonyl (C=O) groups is 1. The molecule has 0 radical (unpaired) electrons. The van der Waals surface area contributed by atoms with Crippen LogP contribution in [0.3, 0.4) is 0 Å². The molecule has 0 saturated carbocycles. The van der Waals surface area contributed by atoms with Crippen LogP contribution in [0.5, 0.6) is 11.5 Å². The van der Waals surface area contributed by atoms with Gasteiger partial charge in [-0.15, -0.1) is 0 Å². The van der Waals surface area contributed by atoms with Gasteiger partial charge in [-0.1, -0.05) is 12.1 Å². The standard InChI is InChI=1S/C18H19F2NO3/c1-23-14-3-2-4-15(12-14)24-10-9-21-18(22)8-6-13-5-7-16(19)17(20)11-13/h2-5,7,11-12H,6,8-10H2,1H3,(H,21,22). The van der Waals surface area contributed by atoms with E-state index in [2.05, 4.69) is 5.32 Å². The first kappa shape index (κ1) is 17.7. The second kappa shape index (κ2) is 8.86. The lowest BCUT2D eigenvalue weighted by Gasteiger charge is -2.09. The van der Waals surface area contributed by atoms with E-state index in [1.807, 2.05) is 12.1 Å². The van der Waals surface area contributed by atoms with E-state index in [1.54, 1.807) is 19.2 Å². The molecule has 0 spiro atoms.